The molecule has 9 nitrogen and oxygen atoms in total. The van der Waals surface area contributed by atoms with Gasteiger partial charge in [-0.25, -0.2) is 9.59 Å². The standard InChI is InChI=1S/C31H30O9/c1-35-25-14-9-15-26(36-2)28(25)24-16-27(30(32)33)40-31(34)29(24)39-23(19-37-17-21-10-5-3-6-11-21)20-38-18-22-12-7-4-8-13-22/h3-16,23H,17-20H2,1-2H3,(H,32,33). The number of hydrogen-bond acceptors (Lipinski definition) is 8. The molecular weight excluding hydrogens is 516 g/mol. The molecule has 4 rings (SSSR count). The van der Waals surface area contributed by atoms with Crippen molar-refractivity contribution < 1.29 is 38.0 Å². The molecule has 0 saturated carbocycles. The van der Waals surface area contributed by atoms with Gasteiger partial charge >= 0.3 is 11.6 Å². The van der Waals surface area contributed by atoms with Crippen LogP contribution in [0.4, 0.5) is 0 Å². The molecule has 0 bridgehead atoms. The lowest BCUT2D eigenvalue weighted by atomic mass is 10.0. The number of hydrogen-bond donors (Lipinski definition) is 1. The summed E-state index contributed by atoms with van der Waals surface area (Å²) in [5, 5.41) is 9.58. The van der Waals surface area contributed by atoms with E-state index in [4.69, 9.17) is 28.1 Å². The average Bonchev–Trinajstić information content (AvgIpc) is 2.98. The summed E-state index contributed by atoms with van der Waals surface area (Å²) in [4.78, 5) is 24.9. The Morgan fingerprint density at radius 3 is 1.80 bits per heavy atom. The lowest BCUT2D eigenvalue weighted by Gasteiger charge is -2.22. The Hall–Kier alpha value is -4.60. The van der Waals surface area contributed by atoms with Gasteiger partial charge in [0.15, 0.2) is 0 Å². The molecule has 1 N–H and O–H groups in total. The number of carbonyl (C=O) groups is 1. The molecule has 0 fully saturated rings. The van der Waals surface area contributed by atoms with Crippen LogP contribution in [0, 0.1) is 0 Å². The van der Waals surface area contributed by atoms with Crippen molar-refractivity contribution in [2.24, 2.45) is 0 Å². The first-order valence-electron chi connectivity index (χ1n) is 12.5. The minimum absolute atomic E-state index is 0.0757. The van der Waals surface area contributed by atoms with Crippen molar-refractivity contribution in [3.63, 3.8) is 0 Å². The van der Waals surface area contributed by atoms with Gasteiger partial charge in [0.1, 0.15) is 17.6 Å². The van der Waals surface area contributed by atoms with E-state index in [1.54, 1.807) is 18.2 Å². The number of ether oxygens (including phenoxy) is 5. The van der Waals surface area contributed by atoms with E-state index in [9.17, 15) is 14.7 Å². The summed E-state index contributed by atoms with van der Waals surface area (Å²) in [5.74, 6) is -1.48. The van der Waals surface area contributed by atoms with Crippen LogP contribution in [0.2, 0.25) is 0 Å². The van der Waals surface area contributed by atoms with Gasteiger partial charge in [-0.15, -0.1) is 0 Å². The largest absolute Gasteiger partial charge is 0.496 e. The number of carboxylic acids is 1. The highest BCUT2D eigenvalue weighted by Gasteiger charge is 2.26. The van der Waals surface area contributed by atoms with Crippen LogP contribution in [0.15, 0.2) is 94.1 Å². The molecular formula is C31H30O9. The topological polar surface area (TPSA) is 114 Å². The number of methoxy groups -OCH3 is 2. The Morgan fingerprint density at radius 1 is 0.800 bits per heavy atom. The van der Waals surface area contributed by atoms with Crippen LogP contribution in [0.5, 0.6) is 17.2 Å². The Labute approximate surface area is 231 Å². The monoisotopic (exact) mass is 546 g/mol. The number of rotatable bonds is 14. The average molecular weight is 547 g/mol. The first-order chi connectivity index (χ1) is 19.5. The van der Waals surface area contributed by atoms with Crippen molar-refractivity contribution >= 4 is 5.97 Å². The number of benzene rings is 3. The van der Waals surface area contributed by atoms with Crippen LogP contribution in [0.3, 0.4) is 0 Å². The van der Waals surface area contributed by atoms with Gasteiger partial charge in [0.2, 0.25) is 11.5 Å². The van der Waals surface area contributed by atoms with Crippen molar-refractivity contribution in [2.75, 3.05) is 27.4 Å². The van der Waals surface area contributed by atoms with E-state index >= 15 is 0 Å². The van der Waals surface area contributed by atoms with Gasteiger partial charge in [0, 0.05) is 11.6 Å². The molecule has 0 aliphatic heterocycles. The van der Waals surface area contributed by atoms with Crippen LogP contribution < -0.4 is 19.8 Å². The van der Waals surface area contributed by atoms with E-state index in [-0.39, 0.29) is 24.5 Å². The second-order valence-corrected chi connectivity index (χ2v) is 8.72. The molecule has 4 aromatic rings. The molecule has 1 aromatic heterocycles. The smallest absolute Gasteiger partial charge is 0.379 e. The lowest BCUT2D eigenvalue weighted by molar-refractivity contribution is -0.0168. The normalized spacial score (nSPS) is 10.9. The third kappa shape index (κ3) is 7.28. The summed E-state index contributed by atoms with van der Waals surface area (Å²) in [5.41, 5.74) is 1.44. The fraction of sp³-hybridized carbons (Fsp3) is 0.226. The summed E-state index contributed by atoms with van der Waals surface area (Å²) in [6.45, 7) is 0.789. The molecule has 208 valence electrons. The molecule has 40 heavy (non-hydrogen) atoms. The van der Waals surface area contributed by atoms with E-state index in [1.807, 2.05) is 60.7 Å². The maximum atomic E-state index is 13.1. The second kappa shape index (κ2) is 14.0. The Morgan fingerprint density at radius 2 is 1.32 bits per heavy atom. The molecule has 0 unspecified atom stereocenters. The van der Waals surface area contributed by atoms with Gasteiger partial charge < -0.3 is 33.2 Å². The van der Waals surface area contributed by atoms with Crippen molar-refractivity contribution in [3.05, 3.63) is 112 Å². The summed E-state index contributed by atoms with van der Waals surface area (Å²) in [6, 6.07) is 25.5. The van der Waals surface area contributed by atoms with Gasteiger partial charge in [-0.3, -0.25) is 0 Å². The molecule has 0 aliphatic rings. The maximum absolute atomic E-state index is 13.1. The van der Waals surface area contributed by atoms with E-state index in [0.29, 0.717) is 30.3 Å². The molecule has 9 heteroatoms. The molecule has 1 heterocycles. The van der Waals surface area contributed by atoms with Gasteiger partial charge in [0.25, 0.3) is 0 Å². The molecule has 0 aliphatic carbocycles. The summed E-state index contributed by atoms with van der Waals surface area (Å²) in [7, 11) is 2.92. The third-order valence-corrected chi connectivity index (χ3v) is 5.93. The van der Waals surface area contributed by atoms with Gasteiger partial charge in [-0.2, -0.15) is 0 Å². The van der Waals surface area contributed by atoms with E-state index in [2.05, 4.69) is 0 Å². The van der Waals surface area contributed by atoms with Crippen LogP contribution in [0.1, 0.15) is 21.7 Å². The van der Waals surface area contributed by atoms with Crippen LogP contribution >= 0.6 is 0 Å². The van der Waals surface area contributed by atoms with Crippen molar-refractivity contribution in [3.8, 4) is 28.4 Å². The fourth-order valence-corrected chi connectivity index (χ4v) is 4.05. The van der Waals surface area contributed by atoms with Gasteiger partial charge in [0.05, 0.1) is 46.2 Å². The lowest BCUT2D eigenvalue weighted by Crippen LogP contribution is -2.31. The molecule has 0 radical (unpaired) electrons. The zero-order chi connectivity index (χ0) is 28.3. The van der Waals surface area contributed by atoms with Crippen LogP contribution in [-0.2, 0) is 22.7 Å². The molecule has 0 spiro atoms. The predicted octanol–water partition coefficient (Wildman–Crippen LogP) is 5.20. The van der Waals surface area contributed by atoms with Crippen molar-refractivity contribution in [1.82, 2.24) is 0 Å². The summed E-state index contributed by atoms with van der Waals surface area (Å²) >= 11 is 0. The maximum Gasteiger partial charge on any atom is 0.379 e. The van der Waals surface area contributed by atoms with Crippen LogP contribution in [-0.4, -0.2) is 44.6 Å². The third-order valence-electron chi connectivity index (χ3n) is 5.93. The molecule has 0 atom stereocenters. The number of carboxylic acid groups (broad SMARTS) is 1. The fourth-order valence-electron chi connectivity index (χ4n) is 4.05. The molecule has 0 amide bonds. The first-order valence-corrected chi connectivity index (χ1v) is 12.5. The molecule has 3 aromatic carbocycles. The highest BCUT2D eigenvalue weighted by molar-refractivity contribution is 5.89. The second-order valence-electron chi connectivity index (χ2n) is 8.72. The highest BCUT2D eigenvalue weighted by Crippen LogP contribution is 2.42. The minimum atomic E-state index is -1.41. The van der Waals surface area contributed by atoms with Crippen molar-refractivity contribution in [1.29, 1.82) is 0 Å². The zero-order valence-corrected chi connectivity index (χ0v) is 22.2. The quantitative estimate of drug-likeness (QED) is 0.228. The van der Waals surface area contributed by atoms with Crippen LogP contribution in [0.25, 0.3) is 11.1 Å². The summed E-state index contributed by atoms with van der Waals surface area (Å²) in [6.07, 6.45) is -0.745. The highest BCUT2D eigenvalue weighted by atomic mass is 16.6. The molecule has 0 saturated heterocycles. The Kier molecular flexibility index (Phi) is 9.93. The predicted molar refractivity (Wildman–Crippen MR) is 147 cm³/mol. The van der Waals surface area contributed by atoms with Gasteiger partial charge in [-0.1, -0.05) is 66.7 Å². The Bertz CT molecular complexity index is 1380. The van der Waals surface area contributed by atoms with E-state index in [0.717, 1.165) is 11.1 Å². The Balaban J connectivity index is 1.67. The number of aromatic carboxylic acids is 1. The first kappa shape index (κ1) is 28.4. The van der Waals surface area contributed by atoms with E-state index in [1.165, 1.54) is 20.3 Å². The minimum Gasteiger partial charge on any atom is -0.496 e. The zero-order valence-electron chi connectivity index (χ0n) is 22.2. The van der Waals surface area contributed by atoms with Gasteiger partial charge in [-0.05, 0) is 23.3 Å². The van der Waals surface area contributed by atoms with E-state index < -0.39 is 23.5 Å². The summed E-state index contributed by atoms with van der Waals surface area (Å²) < 4.78 is 34.1. The SMILES string of the molecule is COc1cccc(OC)c1-c1cc(C(=O)O)oc(=O)c1OC(COCc1ccccc1)COCc1ccccc1. The van der Waals surface area contributed by atoms with Crippen molar-refractivity contribution in [2.45, 2.75) is 19.3 Å².